The van der Waals surface area contributed by atoms with Crippen LogP contribution in [0, 0.1) is 0 Å². The van der Waals surface area contributed by atoms with E-state index in [9.17, 15) is 21.9 Å². The molecule has 0 fully saturated rings. The Morgan fingerprint density at radius 3 is 0.909 bits per heavy atom. The number of benzene rings is 17. The number of anilines is 6. The number of fused-ring (bicyclic) bond motifs is 16. The van der Waals surface area contributed by atoms with Crippen LogP contribution < -0.4 is 26.2 Å². The molecule has 0 atom stereocenters. The molecule has 4 aromatic heterocycles. The van der Waals surface area contributed by atoms with Gasteiger partial charge in [0.1, 0.15) is 0 Å². The highest BCUT2D eigenvalue weighted by atomic mass is 15.2. The summed E-state index contributed by atoms with van der Waals surface area (Å²) in [5.74, 6) is 0. The highest BCUT2D eigenvalue weighted by Crippen LogP contribution is 2.53. The molecule has 0 saturated carbocycles. The molecule has 0 N–H and O–H groups in total. The molecule has 7 heteroatoms. The summed E-state index contributed by atoms with van der Waals surface area (Å²) in [5, 5.41) is -0.623. The Hall–Kier alpha value is -14.4. The SMILES string of the molecule is [2H]c1cc([2H])c2c3c([2H])c([2H])c([2H])c([2H])c3n(-c3ccc(-c4cccc(-c5cc(C(C)(C)C)ccc5N5c6cc(-n7c8c([2H])c([2H])c([2H])c([2H])c8c8c([2H])c([2H])c([2H])c([2H])c87)ccc6B6c7ccc(-n8c9c([2H])c([2H])c([2H])c([2H])c9c9c([2H])c([2H])c([2H])c([2H])c98)cc7N(c7ccc(C(C)(C)C)cc7-c7ccc(-c8ccc(-n9c%10c([2H])c([2H])c([2H])c([2H])c%10c%10c([2H])c([2H])c([2H])c([2H])c%109)cc8)cc7)c7cc(C(C)(C)C)cc5c76)c4)cc3)c2c1[2H]. The summed E-state index contributed by atoms with van der Waals surface area (Å²) >= 11 is 0. The van der Waals surface area contributed by atoms with E-state index >= 15 is 0 Å². The third-order valence-electron chi connectivity index (χ3n) is 24.1. The van der Waals surface area contributed by atoms with Crippen LogP contribution in [0.3, 0.4) is 0 Å². The van der Waals surface area contributed by atoms with E-state index in [4.69, 9.17) is 20.6 Å². The lowest BCUT2D eigenvalue weighted by molar-refractivity contribution is 0.590. The fourth-order valence-electron chi connectivity index (χ4n) is 18.1. The van der Waals surface area contributed by atoms with Crippen molar-refractivity contribution in [2.24, 2.45) is 0 Å². The molecule has 0 spiro atoms. The maximum absolute atomic E-state index is 9.93. The summed E-state index contributed by atoms with van der Waals surface area (Å²) in [6, 6.07) is 43.2. The van der Waals surface area contributed by atoms with Crippen molar-refractivity contribution < 1.29 is 42.5 Å². The second kappa shape index (κ2) is 27.1. The van der Waals surface area contributed by atoms with Crippen LogP contribution >= 0.6 is 0 Å². The van der Waals surface area contributed by atoms with Crippen LogP contribution in [-0.4, -0.2) is 25.0 Å². The van der Waals surface area contributed by atoms with Crippen molar-refractivity contribution in [1.82, 2.24) is 18.3 Å². The van der Waals surface area contributed by atoms with Crippen LogP contribution in [0.15, 0.2) is 375 Å². The van der Waals surface area contributed by atoms with E-state index in [2.05, 4.69) is 127 Å². The Labute approximate surface area is 750 Å². The molecule has 0 aliphatic carbocycles. The van der Waals surface area contributed by atoms with Gasteiger partial charge in [-0.3, -0.25) is 0 Å². The second-order valence-electron chi connectivity index (χ2n) is 34.2. The number of nitrogens with zero attached hydrogens (tertiary/aromatic N) is 6. The van der Waals surface area contributed by atoms with Crippen molar-refractivity contribution in [2.45, 2.75) is 78.6 Å². The minimum atomic E-state index is -0.897. The zero-order chi connectivity index (χ0) is 108. The van der Waals surface area contributed by atoms with Crippen LogP contribution in [0.5, 0.6) is 0 Å². The summed E-state index contributed by atoms with van der Waals surface area (Å²) < 4.78 is 293. The normalized spacial score (nSPS) is 16.5. The molecule has 2 aliphatic rings. The standard InChI is InChI=1S/C114H89BN6/c1-112(2,3)78-53-63-105(93(66-78)75-47-45-72(46-48-75)73-49-55-81(56-50-73)116-97-37-18-10-29-85(97)86-30-11-19-38-98(86)116)120-107-70-83(118-101-41-22-14-33-89(101)90-34-15-23-42-102(90)118)59-61-95(107)115-96-62-60-84(119-103-43-24-16-35-91(103)92-36-17-25-44-104(92)119)71-108(96)121(110-69-80(114(7,8)9)68-109(120)111(110)115)106-64-54-79(113(4,5)6)67-94(106)77-28-26-27-76(65-77)74-51-57-82(58-52-74)117-99-39-20-12-31-87(99)88-32-13-21-40-100(88)117/h10-71H,1-9H3/i10D,11D,12D,14D,15D,16D,17D,18D,19D,20D,21D,22D,23D,24D,25D,29D,30D,31D,32D,33D,34D,35D,36D,37D,38D,39D,40D,41D,42D,43D,44D. The first kappa shape index (κ1) is 46.7. The average Bonchev–Trinajstić information content (AvgIpc) is 0.728. The predicted octanol–water partition coefficient (Wildman–Crippen LogP) is 28.7. The zero-order valence-corrected chi connectivity index (χ0v) is 67.2. The fourth-order valence-corrected chi connectivity index (χ4v) is 18.1. The summed E-state index contributed by atoms with van der Waals surface area (Å²) in [6.07, 6.45) is 0. The van der Waals surface area contributed by atoms with Gasteiger partial charge in [-0.15, -0.1) is 0 Å². The van der Waals surface area contributed by atoms with Gasteiger partial charge < -0.3 is 28.1 Å². The molecule has 0 unspecified atom stereocenters. The van der Waals surface area contributed by atoms with E-state index in [1.165, 1.54) is 24.3 Å². The van der Waals surface area contributed by atoms with E-state index in [0.29, 0.717) is 101 Å². The van der Waals surface area contributed by atoms with Crippen molar-refractivity contribution in [2.75, 3.05) is 9.80 Å². The summed E-state index contributed by atoms with van der Waals surface area (Å²) in [5.41, 5.74) is 12.2. The number of rotatable bonds is 10. The maximum atomic E-state index is 9.93. The first-order valence-corrected chi connectivity index (χ1v) is 40.1. The van der Waals surface area contributed by atoms with Crippen LogP contribution in [0.25, 0.3) is 154 Å². The molecular weight excluding hydrogens is 1460 g/mol. The fraction of sp³-hybridized carbons (Fsp3) is 0.105. The van der Waals surface area contributed by atoms with Gasteiger partial charge in [0.05, 0.1) is 98.0 Å². The van der Waals surface area contributed by atoms with E-state index in [-0.39, 0.29) is 117 Å². The first-order chi connectivity index (χ1) is 71.8. The summed E-state index contributed by atoms with van der Waals surface area (Å²) in [4.78, 5) is 4.35. The molecule has 6 nitrogen and oxygen atoms in total. The van der Waals surface area contributed by atoms with Crippen LogP contribution in [0.2, 0.25) is 0 Å². The number of aromatic nitrogens is 4. The largest absolute Gasteiger partial charge is 0.311 e. The lowest BCUT2D eigenvalue weighted by Crippen LogP contribution is -2.61. The Morgan fingerprint density at radius 2 is 0.529 bits per heavy atom. The van der Waals surface area contributed by atoms with Gasteiger partial charge in [0.2, 0.25) is 0 Å². The van der Waals surface area contributed by atoms with Crippen molar-refractivity contribution in [3.8, 4) is 67.3 Å². The molecular formula is C114H89BN6. The van der Waals surface area contributed by atoms with Crippen molar-refractivity contribution in [3.63, 3.8) is 0 Å². The first-order valence-electron chi connectivity index (χ1n) is 55.6. The van der Waals surface area contributed by atoms with Crippen molar-refractivity contribution >= 4 is 144 Å². The quantitative estimate of drug-likeness (QED) is 0.128. The maximum Gasteiger partial charge on any atom is 0.252 e. The van der Waals surface area contributed by atoms with E-state index in [1.54, 1.807) is 36.4 Å². The van der Waals surface area contributed by atoms with Gasteiger partial charge in [-0.1, -0.05) is 298 Å². The monoisotopic (exact) mass is 1580 g/mol. The van der Waals surface area contributed by atoms with Gasteiger partial charge in [0, 0.05) is 99.7 Å². The topological polar surface area (TPSA) is 26.2 Å². The van der Waals surface area contributed by atoms with Crippen molar-refractivity contribution in [1.29, 1.82) is 0 Å². The number of hydrogen-bond donors (Lipinski definition) is 0. The molecule has 17 aromatic carbocycles. The number of hydrogen-bond acceptors (Lipinski definition) is 2. The predicted molar refractivity (Wildman–Crippen MR) is 516 cm³/mol. The zero-order valence-electron chi connectivity index (χ0n) is 98.2. The molecule has 6 heterocycles. The average molecular weight is 1590 g/mol. The van der Waals surface area contributed by atoms with Crippen LogP contribution in [0.1, 0.15) is 121 Å². The van der Waals surface area contributed by atoms with Gasteiger partial charge in [0.15, 0.2) is 0 Å². The van der Waals surface area contributed by atoms with E-state index in [0.717, 1.165) is 22.2 Å². The molecule has 578 valence electrons. The van der Waals surface area contributed by atoms with Gasteiger partial charge in [-0.05, 0) is 222 Å². The molecule has 0 radical (unpaired) electrons. The molecule has 0 saturated heterocycles. The Kier molecular flexibility index (Phi) is 10.4. The van der Waals surface area contributed by atoms with Gasteiger partial charge in [-0.25, -0.2) is 0 Å². The molecule has 121 heavy (non-hydrogen) atoms. The minimum absolute atomic E-state index is 0.0267. The molecule has 21 aromatic rings. The lowest BCUT2D eigenvalue weighted by Gasteiger charge is -2.46. The minimum Gasteiger partial charge on any atom is -0.311 e. The third kappa shape index (κ3) is 11.4. The smallest absolute Gasteiger partial charge is 0.252 e. The Morgan fingerprint density at radius 1 is 0.223 bits per heavy atom. The van der Waals surface area contributed by atoms with Crippen molar-refractivity contribution in [3.05, 3.63) is 392 Å². The molecule has 0 bridgehead atoms. The Balaban J connectivity index is 0.797. The second-order valence-corrected chi connectivity index (χ2v) is 34.2. The molecule has 2 aliphatic heterocycles. The lowest BCUT2D eigenvalue weighted by atomic mass is 9.33. The van der Waals surface area contributed by atoms with Gasteiger partial charge in [-0.2, -0.15) is 0 Å². The summed E-state index contributed by atoms with van der Waals surface area (Å²) in [7, 11) is 0. The van der Waals surface area contributed by atoms with Gasteiger partial charge >= 0.3 is 0 Å². The van der Waals surface area contributed by atoms with Crippen LogP contribution in [0.4, 0.5) is 34.1 Å². The van der Waals surface area contributed by atoms with E-state index in [1.807, 2.05) is 91.0 Å². The molecule has 0 amide bonds. The third-order valence-corrected chi connectivity index (χ3v) is 24.1. The Bertz CT molecular complexity index is 9600. The number of para-hydroxylation sites is 8. The van der Waals surface area contributed by atoms with Crippen LogP contribution in [-0.2, 0) is 16.2 Å². The highest BCUT2D eigenvalue weighted by molar-refractivity contribution is 7.00. The molecule has 23 rings (SSSR count). The van der Waals surface area contributed by atoms with Gasteiger partial charge in [0.25, 0.3) is 6.71 Å². The van der Waals surface area contributed by atoms with E-state index < -0.39 is 192 Å². The highest BCUT2D eigenvalue weighted by Gasteiger charge is 2.46. The summed E-state index contributed by atoms with van der Waals surface area (Å²) in [6.45, 7) is 18.0.